The normalized spacial score (nSPS) is 13.6. The minimum atomic E-state index is -4.51. The SMILES string of the molecule is COc1ccc(S(=O)(=O)N[C@@H](CC(=O)O)C(=O)C[C@@H](CCC(=O)O)C(=O)NCC(=O)C[C@@H](Cc2cccc(F)c2)C(=O)N[C@@H](Cc2c[nH]c3ccccc23)C(=O)C[C@@H](CCC(=O)O)C(C)=O)cc1. The van der Waals surface area contributed by atoms with Crippen molar-refractivity contribution in [3.63, 3.8) is 0 Å². The molecule has 364 valence electrons. The largest absolute Gasteiger partial charge is 0.497 e. The van der Waals surface area contributed by atoms with Crippen LogP contribution >= 0.6 is 0 Å². The molecule has 19 nitrogen and oxygen atoms in total. The Balaban J connectivity index is 1.55. The zero-order chi connectivity index (χ0) is 50.1. The number of carbonyl (C=O) groups is 9. The first-order valence-electron chi connectivity index (χ1n) is 21.4. The van der Waals surface area contributed by atoms with Crippen LogP contribution in [-0.4, -0.2) is 107 Å². The van der Waals surface area contributed by atoms with Crippen LogP contribution in [0, 0.1) is 23.6 Å². The lowest BCUT2D eigenvalue weighted by Crippen LogP contribution is -2.47. The van der Waals surface area contributed by atoms with Crippen molar-refractivity contribution in [1.82, 2.24) is 20.3 Å². The predicted octanol–water partition coefficient (Wildman–Crippen LogP) is 3.57. The number of aliphatic carboxylic acids is 3. The molecule has 21 heteroatoms. The highest BCUT2D eigenvalue weighted by atomic mass is 32.2. The Bertz CT molecular complexity index is 2610. The van der Waals surface area contributed by atoms with Crippen molar-refractivity contribution in [2.24, 2.45) is 17.8 Å². The summed E-state index contributed by atoms with van der Waals surface area (Å²) in [5, 5.41) is 33.9. The molecule has 0 bridgehead atoms. The van der Waals surface area contributed by atoms with E-state index in [0.717, 1.165) is 35.2 Å². The van der Waals surface area contributed by atoms with Gasteiger partial charge in [0.25, 0.3) is 0 Å². The molecule has 0 aliphatic carbocycles. The van der Waals surface area contributed by atoms with E-state index in [0.29, 0.717) is 11.3 Å². The topological polar surface area (TPSA) is 310 Å². The number of aromatic amines is 1. The van der Waals surface area contributed by atoms with Crippen LogP contribution in [0.5, 0.6) is 5.75 Å². The maximum atomic E-state index is 14.4. The number of halogens is 1. The monoisotopic (exact) mass is 964 g/mol. The third-order valence-corrected chi connectivity index (χ3v) is 12.7. The average Bonchev–Trinajstić information content (AvgIpc) is 3.69. The number of carboxylic acid groups (broad SMARTS) is 3. The molecule has 4 rings (SSSR count). The Morgan fingerprint density at radius 1 is 0.706 bits per heavy atom. The van der Waals surface area contributed by atoms with E-state index in [1.165, 1.54) is 38.3 Å². The minimum absolute atomic E-state index is 0.0818. The number of hydrogen-bond acceptors (Lipinski definition) is 12. The van der Waals surface area contributed by atoms with Crippen LogP contribution in [0.25, 0.3) is 10.9 Å². The zero-order valence-corrected chi connectivity index (χ0v) is 38.0. The summed E-state index contributed by atoms with van der Waals surface area (Å²) >= 11 is 0. The number of aromatic nitrogens is 1. The molecule has 68 heavy (non-hydrogen) atoms. The number of rotatable bonds is 30. The van der Waals surface area contributed by atoms with E-state index >= 15 is 0 Å². The van der Waals surface area contributed by atoms with Crippen LogP contribution in [0.1, 0.15) is 69.4 Å². The molecule has 7 N–H and O–H groups in total. The second-order valence-corrected chi connectivity index (χ2v) is 18.0. The first-order valence-corrected chi connectivity index (χ1v) is 22.9. The summed E-state index contributed by atoms with van der Waals surface area (Å²) in [6.07, 6.45) is -3.22. The maximum absolute atomic E-state index is 14.4. The van der Waals surface area contributed by atoms with Gasteiger partial charge in [0, 0.05) is 73.4 Å². The van der Waals surface area contributed by atoms with E-state index in [9.17, 15) is 71.3 Å². The summed E-state index contributed by atoms with van der Waals surface area (Å²) in [7, 11) is -3.16. The van der Waals surface area contributed by atoms with Gasteiger partial charge in [-0.05, 0) is 79.8 Å². The fraction of sp³-hybridized carbons (Fsp3) is 0.383. The highest BCUT2D eigenvalue weighted by molar-refractivity contribution is 7.89. The number of fused-ring (bicyclic) bond motifs is 1. The summed E-state index contributed by atoms with van der Waals surface area (Å²) in [5.74, 6) is -12.9. The number of para-hydroxylation sites is 1. The Morgan fingerprint density at radius 3 is 1.96 bits per heavy atom. The van der Waals surface area contributed by atoms with Crippen LogP contribution in [0.3, 0.4) is 0 Å². The Morgan fingerprint density at radius 2 is 1.34 bits per heavy atom. The summed E-state index contributed by atoms with van der Waals surface area (Å²) in [6, 6.07) is 14.1. The van der Waals surface area contributed by atoms with Crippen molar-refractivity contribution < 1.29 is 76.0 Å². The van der Waals surface area contributed by atoms with Crippen LogP contribution in [0.4, 0.5) is 4.39 Å². The molecule has 1 aromatic heterocycles. The lowest BCUT2D eigenvalue weighted by Gasteiger charge is -2.24. The highest BCUT2D eigenvalue weighted by Crippen LogP contribution is 2.24. The molecule has 1 heterocycles. The van der Waals surface area contributed by atoms with E-state index in [2.05, 4.69) is 15.6 Å². The van der Waals surface area contributed by atoms with Crippen molar-refractivity contribution in [2.75, 3.05) is 13.7 Å². The van der Waals surface area contributed by atoms with Crippen molar-refractivity contribution in [3.05, 3.63) is 95.9 Å². The summed E-state index contributed by atoms with van der Waals surface area (Å²) in [6.45, 7) is 0.456. The van der Waals surface area contributed by atoms with Gasteiger partial charge in [0.05, 0.1) is 37.1 Å². The van der Waals surface area contributed by atoms with Gasteiger partial charge in [-0.2, -0.15) is 0 Å². The van der Waals surface area contributed by atoms with E-state index in [1.807, 2.05) is 4.72 Å². The maximum Gasteiger partial charge on any atom is 0.305 e. The number of Topliss-reactive ketones (excluding diaryl/α,β-unsaturated/α-hetero) is 4. The first-order chi connectivity index (χ1) is 32.1. The molecule has 0 fully saturated rings. The number of hydrogen-bond donors (Lipinski definition) is 7. The van der Waals surface area contributed by atoms with Gasteiger partial charge >= 0.3 is 17.9 Å². The quantitative estimate of drug-likeness (QED) is 0.0393. The molecule has 5 atom stereocenters. The first kappa shape index (κ1) is 53.5. The third-order valence-electron chi connectivity index (χ3n) is 11.2. The van der Waals surface area contributed by atoms with E-state index < -0.39 is 144 Å². The number of carboxylic acids is 3. The average molecular weight is 965 g/mol. The number of sulfonamides is 1. The number of nitrogens with one attached hydrogen (secondary N) is 4. The summed E-state index contributed by atoms with van der Waals surface area (Å²) in [4.78, 5) is 119. The molecular weight excluding hydrogens is 912 g/mol. The van der Waals surface area contributed by atoms with Crippen molar-refractivity contribution >= 4 is 73.8 Å². The molecule has 0 saturated heterocycles. The molecule has 3 aromatic carbocycles. The Labute approximate surface area is 390 Å². The predicted molar refractivity (Wildman–Crippen MR) is 240 cm³/mol. The summed E-state index contributed by atoms with van der Waals surface area (Å²) < 4.78 is 47.7. The van der Waals surface area contributed by atoms with Crippen molar-refractivity contribution in [1.29, 1.82) is 0 Å². The van der Waals surface area contributed by atoms with Gasteiger partial charge in [0.15, 0.2) is 17.3 Å². The second-order valence-electron chi connectivity index (χ2n) is 16.3. The van der Waals surface area contributed by atoms with Crippen LogP contribution in [0.15, 0.2) is 83.9 Å². The highest BCUT2D eigenvalue weighted by Gasteiger charge is 2.34. The number of methoxy groups -OCH3 is 1. The molecule has 0 spiro atoms. The molecule has 0 aliphatic heterocycles. The summed E-state index contributed by atoms with van der Waals surface area (Å²) in [5.41, 5.74) is 1.63. The van der Waals surface area contributed by atoms with Gasteiger partial charge < -0.3 is 35.7 Å². The standard InChI is InChI=1S/C47H53FN4O15S/c1-27(53)29(10-16-43(57)58)22-41(55)39(21-32-25-49-38-9-4-3-8-37(32)38)51-47(64)31(18-28-6-5-7-33(48)19-28)20-34(54)26-50-46(63)30(11-17-44(59)60)23-42(56)40(24-45(61)62)52-68(65,66)36-14-12-35(67-2)13-15-36/h3-9,12-15,19,25,29-31,39-40,49,52H,10-11,16-18,20-24,26H2,1-2H3,(H,50,63)(H,51,64)(H,57,58)(H,59,60)(H,61,62)/t29-,30-,31-,39+,40+/m1/s1. The van der Waals surface area contributed by atoms with Crippen molar-refractivity contribution in [2.45, 2.75) is 88.1 Å². The van der Waals surface area contributed by atoms with Gasteiger partial charge in [0.1, 0.15) is 17.3 Å². The van der Waals surface area contributed by atoms with Gasteiger partial charge in [-0.25, -0.2) is 17.5 Å². The number of ketones is 4. The van der Waals surface area contributed by atoms with E-state index in [1.54, 1.807) is 30.5 Å². The molecule has 0 aliphatic rings. The van der Waals surface area contributed by atoms with Crippen LogP contribution in [-0.2, 0) is 66.0 Å². The third kappa shape index (κ3) is 16.6. The van der Waals surface area contributed by atoms with Crippen LogP contribution < -0.4 is 20.1 Å². The number of amides is 2. The number of H-pyrrole nitrogens is 1. The molecular formula is C47H53FN4O15S. The van der Waals surface area contributed by atoms with Gasteiger partial charge in [0.2, 0.25) is 21.8 Å². The Kier molecular flexibility index (Phi) is 19.8. The number of benzene rings is 3. The van der Waals surface area contributed by atoms with Gasteiger partial charge in [-0.3, -0.25) is 43.2 Å². The van der Waals surface area contributed by atoms with Crippen LogP contribution in [0.2, 0.25) is 0 Å². The molecule has 0 saturated carbocycles. The lowest BCUT2D eigenvalue weighted by molar-refractivity contribution is -0.140. The Hall–Kier alpha value is -7.13. The number of ether oxygens (including phenoxy) is 1. The van der Waals surface area contributed by atoms with Crippen molar-refractivity contribution in [3.8, 4) is 5.75 Å². The molecule has 0 radical (unpaired) electrons. The second kappa shape index (κ2) is 25.1. The lowest BCUT2D eigenvalue weighted by atomic mass is 9.88. The smallest absolute Gasteiger partial charge is 0.305 e. The van der Waals surface area contributed by atoms with Gasteiger partial charge in [-0.15, -0.1) is 0 Å². The number of carbonyl (C=O) groups excluding carboxylic acids is 6. The zero-order valence-electron chi connectivity index (χ0n) is 37.2. The minimum Gasteiger partial charge on any atom is -0.497 e. The molecule has 2 amide bonds. The van der Waals surface area contributed by atoms with E-state index in [4.69, 9.17) is 4.74 Å². The fourth-order valence-electron chi connectivity index (χ4n) is 7.48. The molecule has 4 aromatic rings. The fourth-order valence-corrected chi connectivity index (χ4v) is 8.70. The van der Waals surface area contributed by atoms with Gasteiger partial charge in [-0.1, -0.05) is 30.3 Å². The molecule has 0 unspecified atom stereocenters. The van der Waals surface area contributed by atoms with E-state index in [-0.39, 0.29) is 36.1 Å².